The number of aliphatic hydroxyl groups excluding tert-OH is 1. The molecule has 0 radical (unpaired) electrons. The first-order chi connectivity index (χ1) is 10.6. The fourth-order valence-electron chi connectivity index (χ4n) is 2.02. The van der Waals surface area contributed by atoms with Crippen LogP contribution in [0.15, 0.2) is 48.5 Å². The van der Waals surface area contributed by atoms with Gasteiger partial charge in [0, 0.05) is 6.07 Å². The Labute approximate surface area is 127 Å². The Morgan fingerprint density at radius 1 is 1.14 bits per heavy atom. The number of carbonyl (C=O) groups is 1. The Balaban J connectivity index is 1.97. The molecule has 0 saturated heterocycles. The molecule has 2 aromatic carbocycles. The van der Waals surface area contributed by atoms with Crippen molar-refractivity contribution in [1.29, 1.82) is 0 Å². The predicted octanol–water partition coefficient (Wildman–Crippen LogP) is 2.86. The molecular weight excluding hydrogens is 290 g/mol. The highest BCUT2D eigenvalue weighted by Gasteiger charge is 2.21. The van der Waals surface area contributed by atoms with Crippen LogP contribution in [0.1, 0.15) is 11.1 Å². The first-order valence-corrected chi connectivity index (χ1v) is 6.85. The molecule has 5 heteroatoms. The van der Waals surface area contributed by atoms with Crippen molar-refractivity contribution < 1.29 is 23.4 Å². The molecule has 2 aromatic rings. The Morgan fingerprint density at radius 3 is 2.50 bits per heavy atom. The van der Waals surface area contributed by atoms with Crippen LogP contribution in [-0.4, -0.2) is 17.7 Å². The van der Waals surface area contributed by atoms with Gasteiger partial charge >= 0.3 is 5.97 Å². The topological polar surface area (TPSA) is 46.5 Å². The van der Waals surface area contributed by atoms with E-state index in [-0.39, 0.29) is 18.6 Å². The number of ether oxygens (including phenoxy) is 1. The highest BCUT2D eigenvalue weighted by atomic mass is 19.1. The van der Waals surface area contributed by atoms with Crippen LogP contribution in [0.2, 0.25) is 0 Å². The number of halogens is 2. The molecule has 0 aliphatic carbocycles. The third kappa shape index (κ3) is 4.36. The van der Waals surface area contributed by atoms with Crippen molar-refractivity contribution >= 4 is 5.97 Å². The Morgan fingerprint density at radius 2 is 1.86 bits per heavy atom. The lowest BCUT2D eigenvalue weighted by Gasteiger charge is -2.14. The van der Waals surface area contributed by atoms with Crippen LogP contribution in [0.5, 0.6) is 0 Å². The van der Waals surface area contributed by atoms with Gasteiger partial charge in [0.2, 0.25) is 0 Å². The largest absolute Gasteiger partial charge is 0.461 e. The smallest absolute Gasteiger partial charge is 0.311 e. The van der Waals surface area contributed by atoms with Gasteiger partial charge in [-0.2, -0.15) is 0 Å². The van der Waals surface area contributed by atoms with Crippen molar-refractivity contribution in [1.82, 2.24) is 0 Å². The number of benzene rings is 2. The second-order valence-corrected chi connectivity index (χ2v) is 4.91. The summed E-state index contributed by atoms with van der Waals surface area (Å²) in [6.07, 6.45) is -0.0454. The highest BCUT2D eigenvalue weighted by molar-refractivity contribution is 5.73. The summed E-state index contributed by atoms with van der Waals surface area (Å²) in [6, 6.07) is 12.2. The van der Waals surface area contributed by atoms with Gasteiger partial charge in [-0.25, -0.2) is 8.78 Å². The molecule has 3 nitrogen and oxygen atoms in total. The van der Waals surface area contributed by atoms with Crippen LogP contribution >= 0.6 is 0 Å². The van der Waals surface area contributed by atoms with Crippen LogP contribution in [-0.2, 0) is 22.6 Å². The fourth-order valence-corrected chi connectivity index (χ4v) is 2.02. The number of aliphatic hydroxyl groups is 1. The van der Waals surface area contributed by atoms with Gasteiger partial charge in [0.15, 0.2) is 0 Å². The van der Waals surface area contributed by atoms with Crippen molar-refractivity contribution in [2.45, 2.75) is 13.0 Å². The Bertz CT molecular complexity index is 629. The zero-order chi connectivity index (χ0) is 15.9. The van der Waals surface area contributed by atoms with E-state index in [2.05, 4.69) is 0 Å². The average Bonchev–Trinajstić information content (AvgIpc) is 2.53. The second-order valence-electron chi connectivity index (χ2n) is 4.91. The van der Waals surface area contributed by atoms with Gasteiger partial charge in [-0.3, -0.25) is 4.79 Å². The highest BCUT2D eigenvalue weighted by Crippen LogP contribution is 2.16. The molecule has 1 atom stereocenters. The van der Waals surface area contributed by atoms with E-state index < -0.39 is 30.1 Å². The van der Waals surface area contributed by atoms with Crippen LogP contribution in [0.3, 0.4) is 0 Å². The van der Waals surface area contributed by atoms with E-state index in [0.29, 0.717) is 0 Å². The average molecular weight is 306 g/mol. The van der Waals surface area contributed by atoms with E-state index in [1.165, 1.54) is 6.07 Å². The molecule has 0 aliphatic heterocycles. The van der Waals surface area contributed by atoms with Crippen molar-refractivity contribution in [3.63, 3.8) is 0 Å². The summed E-state index contributed by atoms with van der Waals surface area (Å²) in [5.74, 6) is -2.93. The molecular formula is C17H16F2O3. The third-order valence-electron chi connectivity index (χ3n) is 3.26. The maximum atomic E-state index is 13.6. The standard InChI is InChI=1S/C17H16F2O3/c18-15-7-6-13(16(19)9-15)8-14(10-20)17(21)22-11-12-4-2-1-3-5-12/h1-7,9,14,20H,8,10-11H2. The van der Waals surface area contributed by atoms with Gasteiger partial charge in [-0.15, -0.1) is 0 Å². The molecule has 0 saturated carbocycles. The number of hydrogen-bond acceptors (Lipinski definition) is 3. The minimum atomic E-state index is -0.885. The fraction of sp³-hybridized carbons (Fsp3) is 0.235. The molecule has 0 aliphatic rings. The molecule has 0 bridgehead atoms. The van der Waals surface area contributed by atoms with Crippen molar-refractivity contribution in [2.75, 3.05) is 6.61 Å². The number of esters is 1. The first kappa shape index (κ1) is 16.1. The van der Waals surface area contributed by atoms with Crippen LogP contribution in [0, 0.1) is 17.6 Å². The lowest BCUT2D eigenvalue weighted by molar-refractivity contribution is -0.151. The minimum Gasteiger partial charge on any atom is -0.461 e. The molecule has 2 rings (SSSR count). The number of hydrogen-bond donors (Lipinski definition) is 1. The van der Waals surface area contributed by atoms with Crippen molar-refractivity contribution in [3.05, 3.63) is 71.3 Å². The van der Waals surface area contributed by atoms with Gasteiger partial charge in [-0.1, -0.05) is 36.4 Å². The summed E-state index contributed by atoms with van der Waals surface area (Å²) in [6.45, 7) is -0.382. The molecule has 0 spiro atoms. The maximum absolute atomic E-state index is 13.6. The first-order valence-electron chi connectivity index (χ1n) is 6.85. The number of rotatable bonds is 6. The van der Waals surface area contributed by atoms with E-state index in [4.69, 9.17) is 4.74 Å². The molecule has 0 fully saturated rings. The molecule has 0 amide bonds. The zero-order valence-electron chi connectivity index (χ0n) is 11.8. The monoisotopic (exact) mass is 306 g/mol. The summed E-state index contributed by atoms with van der Waals surface area (Å²) in [7, 11) is 0. The lowest BCUT2D eigenvalue weighted by atomic mass is 9.99. The summed E-state index contributed by atoms with van der Waals surface area (Å²) in [5.41, 5.74) is 0.984. The normalized spacial score (nSPS) is 12.0. The summed E-state index contributed by atoms with van der Waals surface area (Å²) in [4.78, 5) is 12.0. The molecule has 0 heterocycles. The second kappa shape index (κ2) is 7.66. The van der Waals surface area contributed by atoms with Crippen molar-refractivity contribution in [3.8, 4) is 0 Å². The van der Waals surface area contributed by atoms with Crippen molar-refractivity contribution in [2.24, 2.45) is 5.92 Å². The molecule has 116 valence electrons. The Kier molecular flexibility index (Phi) is 5.61. The van der Waals surface area contributed by atoms with E-state index in [0.717, 1.165) is 17.7 Å². The van der Waals surface area contributed by atoms with E-state index >= 15 is 0 Å². The zero-order valence-corrected chi connectivity index (χ0v) is 11.8. The van der Waals surface area contributed by atoms with E-state index in [9.17, 15) is 18.7 Å². The lowest BCUT2D eigenvalue weighted by Crippen LogP contribution is -2.24. The SMILES string of the molecule is O=C(OCc1ccccc1)C(CO)Cc1ccc(F)cc1F. The van der Waals surface area contributed by atoms with Gasteiger partial charge in [0.05, 0.1) is 12.5 Å². The predicted molar refractivity (Wildman–Crippen MR) is 76.9 cm³/mol. The van der Waals surface area contributed by atoms with Gasteiger partial charge in [0.1, 0.15) is 18.2 Å². The summed E-state index contributed by atoms with van der Waals surface area (Å²) >= 11 is 0. The minimum absolute atomic E-state index is 0.0454. The third-order valence-corrected chi connectivity index (χ3v) is 3.26. The van der Waals surface area contributed by atoms with E-state index in [1.807, 2.05) is 18.2 Å². The molecule has 0 aromatic heterocycles. The summed E-state index contributed by atoms with van der Waals surface area (Å²) in [5, 5.41) is 9.30. The Hall–Kier alpha value is -2.27. The number of carbonyl (C=O) groups excluding carboxylic acids is 1. The molecule has 22 heavy (non-hydrogen) atoms. The summed E-state index contributed by atoms with van der Waals surface area (Å²) < 4.78 is 31.6. The maximum Gasteiger partial charge on any atom is 0.311 e. The van der Waals surface area contributed by atoms with Crippen LogP contribution < -0.4 is 0 Å². The molecule has 1 N–H and O–H groups in total. The van der Waals surface area contributed by atoms with Gasteiger partial charge in [-0.05, 0) is 23.6 Å². The quantitative estimate of drug-likeness (QED) is 0.835. The van der Waals surface area contributed by atoms with E-state index in [1.54, 1.807) is 12.1 Å². The van der Waals surface area contributed by atoms with Crippen LogP contribution in [0.4, 0.5) is 8.78 Å². The van der Waals surface area contributed by atoms with Gasteiger partial charge in [0.25, 0.3) is 0 Å². The van der Waals surface area contributed by atoms with Gasteiger partial charge < -0.3 is 9.84 Å². The van der Waals surface area contributed by atoms with Crippen LogP contribution in [0.25, 0.3) is 0 Å². The molecule has 1 unspecified atom stereocenters.